The molecule has 2 heterocycles. The lowest BCUT2D eigenvalue weighted by Gasteiger charge is -2.31. The van der Waals surface area contributed by atoms with Gasteiger partial charge in [0.05, 0.1) is 5.69 Å². The average molecular weight is 292 g/mol. The molecule has 118 valence electrons. The molecule has 1 aromatic rings. The highest BCUT2D eigenvalue weighted by Crippen LogP contribution is 2.16. The van der Waals surface area contributed by atoms with Gasteiger partial charge in [0.1, 0.15) is 5.69 Å². The van der Waals surface area contributed by atoms with Gasteiger partial charge >= 0.3 is 0 Å². The Morgan fingerprint density at radius 2 is 2.10 bits per heavy atom. The molecule has 0 aliphatic carbocycles. The summed E-state index contributed by atoms with van der Waals surface area (Å²) < 4.78 is 1.95. The first-order chi connectivity index (χ1) is 10.1. The molecule has 1 fully saturated rings. The summed E-state index contributed by atoms with van der Waals surface area (Å²) in [6, 6.07) is 1.77. The molecule has 5 heteroatoms. The van der Waals surface area contributed by atoms with Gasteiger partial charge in [0, 0.05) is 19.3 Å². The van der Waals surface area contributed by atoms with E-state index >= 15 is 0 Å². The lowest BCUT2D eigenvalue weighted by molar-refractivity contribution is 0.0927. The molecule has 0 aromatic carbocycles. The van der Waals surface area contributed by atoms with E-state index in [4.69, 9.17) is 5.73 Å². The lowest BCUT2D eigenvalue weighted by atomic mass is 9.97. The topological polar surface area (TPSA) is 63.3 Å². The molecular formula is C16H28N4O. The fraction of sp³-hybridized carbons (Fsp3) is 0.688. The number of amides is 1. The van der Waals surface area contributed by atoms with Gasteiger partial charge in [0.25, 0.3) is 5.91 Å². The number of anilines is 1. The van der Waals surface area contributed by atoms with Crippen molar-refractivity contribution in [3.8, 4) is 0 Å². The van der Waals surface area contributed by atoms with E-state index in [-0.39, 0.29) is 5.91 Å². The van der Waals surface area contributed by atoms with Crippen LogP contribution in [0.5, 0.6) is 0 Å². The van der Waals surface area contributed by atoms with Gasteiger partial charge < -0.3 is 20.5 Å². The van der Waals surface area contributed by atoms with Gasteiger partial charge in [-0.1, -0.05) is 13.8 Å². The third-order valence-corrected chi connectivity index (χ3v) is 4.32. The van der Waals surface area contributed by atoms with Gasteiger partial charge in [0.15, 0.2) is 0 Å². The van der Waals surface area contributed by atoms with Gasteiger partial charge in [-0.15, -0.1) is 0 Å². The van der Waals surface area contributed by atoms with E-state index in [0.717, 1.165) is 39.1 Å². The number of nitrogen functional groups attached to an aromatic ring is 1. The van der Waals surface area contributed by atoms with Crippen LogP contribution in [0, 0.1) is 5.92 Å². The molecule has 1 saturated heterocycles. The number of carbonyl (C=O) groups is 1. The Balaban J connectivity index is 1.85. The highest BCUT2D eigenvalue weighted by Gasteiger charge is 2.19. The van der Waals surface area contributed by atoms with Crippen LogP contribution in [0.3, 0.4) is 0 Å². The van der Waals surface area contributed by atoms with Gasteiger partial charge in [-0.2, -0.15) is 0 Å². The van der Waals surface area contributed by atoms with Crippen molar-refractivity contribution in [2.75, 3.05) is 31.9 Å². The molecular weight excluding hydrogens is 264 g/mol. The second kappa shape index (κ2) is 7.50. The Morgan fingerprint density at radius 1 is 1.38 bits per heavy atom. The van der Waals surface area contributed by atoms with Crippen LogP contribution < -0.4 is 11.1 Å². The van der Waals surface area contributed by atoms with Crippen molar-refractivity contribution in [2.24, 2.45) is 5.92 Å². The minimum atomic E-state index is -0.00179. The summed E-state index contributed by atoms with van der Waals surface area (Å²) in [4.78, 5) is 14.8. The number of rotatable bonds is 6. The average Bonchev–Trinajstić information content (AvgIpc) is 2.86. The molecule has 0 bridgehead atoms. The highest BCUT2D eigenvalue weighted by atomic mass is 16.1. The van der Waals surface area contributed by atoms with E-state index in [0.29, 0.717) is 17.3 Å². The third-order valence-electron chi connectivity index (χ3n) is 4.32. The number of nitrogens with one attached hydrogen (secondary N) is 1. The molecule has 0 saturated carbocycles. The highest BCUT2D eigenvalue weighted by molar-refractivity contribution is 5.93. The molecule has 5 nitrogen and oxygen atoms in total. The Kier molecular flexibility index (Phi) is 5.67. The minimum absolute atomic E-state index is 0.00179. The summed E-state index contributed by atoms with van der Waals surface area (Å²) in [5.74, 6) is 0.599. The summed E-state index contributed by atoms with van der Waals surface area (Å²) in [5.41, 5.74) is 7.15. The standard InChI is InChI=1S/C16H28N4O/c1-3-7-20-12-14(17)10-15(20)16(21)18-11-13-5-8-19(4-2)9-6-13/h10,12-13H,3-9,11,17H2,1-2H3,(H,18,21). The number of piperidine rings is 1. The second-order valence-electron chi connectivity index (χ2n) is 5.94. The number of likely N-dealkylation sites (tertiary alicyclic amines) is 1. The van der Waals surface area contributed by atoms with E-state index in [2.05, 4.69) is 24.1 Å². The number of nitrogens with two attached hydrogens (primary N) is 1. The maximum atomic E-state index is 12.3. The minimum Gasteiger partial charge on any atom is -0.397 e. The number of aromatic nitrogens is 1. The first-order valence-electron chi connectivity index (χ1n) is 8.10. The fourth-order valence-electron chi connectivity index (χ4n) is 2.98. The Labute approximate surface area is 127 Å². The van der Waals surface area contributed by atoms with Gasteiger partial charge in [-0.25, -0.2) is 0 Å². The van der Waals surface area contributed by atoms with E-state index < -0.39 is 0 Å². The van der Waals surface area contributed by atoms with Gasteiger partial charge in [0.2, 0.25) is 0 Å². The van der Waals surface area contributed by atoms with Crippen molar-refractivity contribution in [3.63, 3.8) is 0 Å². The predicted octanol–water partition coefficient (Wildman–Crippen LogP) is 1.94. The molecule has 21 heavy (non-hydrogen) atoms. The van der Waals surface area contributed by atoms with E-state index in [1.807, 2.05) is 10.8 Å². The first kappa shape index (κ1) is 15.9. The SMILES string of the molecule is CCCn1cc(N)cc1C(=O)NCC1CCN(CC)CC1. The second-order valence-corrected chi connectivity index (χ2v) is 5.94. The van der Waals surface area contributed by atoms with Gasteiger partial charge in [-0.3, -0.25) is 4.79 Å². The van der Waals surface area contributed by atoms with Crippen LogP contribution in [-0.4, -0.2) is 41.6 Å². The maximum absolute atomic E-state index is 12.3. The number of aryl methyl sites for hydroxylation is 1. The van der Waals surface area contributed by atoms with Crippen LogP contribution in [0.25, 0.3) is 0 Å². The number of carbonyl (C=O) groups excluding carboxylic acids is 1. The van der Waals surface area contributed by atoms with Crippen LogP contribution in [0.15, 0.2) is 12.3 Å². The van der Waals surface area contributed by atoms with Crippen LogP contribution >= 0.6 is 0 Å². The number of nitrogens with zero attached hydrogens (tertiary/aromatic N) is 2. The first-order valence-corrected chi connectivity index (χ1v) is 8.10. The molecule has 1 aromatic heterocycles. The molecule has 1 amide bonds. The number of hydrogen-bond donors (Lipinski definition) is 2. The number of hydrogen-bond acceptors (Lipinski definition) is 3. The summed E-state index contributed by atoms with van der Waals surface area (Å²) in [6.07, 6.45) is 5.18. The molecule has 0 radical (unpaired) electrons. The largest absolute Gasteiger partial charge is 0.397 e. The van der Waals surface area contributed by atoms with Crippen molar-refractivity contribution < 1.29 is 4.79 Å². The van der Waals surface area contributed by atoms with Crippen LogP contribution in [0.1, 0.15) is 43.6 Å². The smallest absolute Gasteiger partial charge is 0.267 e. The Bertz CT molecular complexity index is 461. The Morgan fingerprint density at radius 3 is 2.71 bits per heavy atom. The van der Waals surface area contributed by atoms with Crippen LogP contribution in [0.4, 0.5) is 5.69 Å². The molecule has 2 rings (SSSR count). The molecule has 0 atom stereocenters. The predicted molar refractivity (Wildman–Crippen MR) is 86.3 cm³/mol. The van der Waals surface area contributed by atoms with Gasteiger partial charge in [-0.05, 0) is 50.9 Å². The van der Waals surface area contributed by atoms with Crippen molar-refractivity contribution >= 4 is 11.6 Å². The molecule has 1 aliphatic rings. The fourth-order valence-corrected chi connectivity index (χ4v) is 2.98. The Hall–Kier alpha value is -1.49. The van der Waals surface area contributed by atoms with Crippen molar-refractivity contribution in [1.29, 1.82) is 0 Å². The van der Waals surface area contributed by atoms with E-state index in [9.17, 15) is 4.79 Å². The van der Waals surface area contributed by atoms with Crippen molar-refractivity contribution in [3.05, 3.63) is 18.0 Å². The van der Waals surface area contributed by atoms with E-state index in [1.54, 1.807) is 6.07 Å². The van der Waals surface area contributed by atoms with E-state index in [1.165, 1.54) is 12.8 Å². The van der Waals surface area contributed by atoms with Crippen LogP contribution in [-0.2, 0) is 6.54 Å². The summed E-state index contributed by atoms with van der Waals surface area (Å²) in [5, 5.41) is 3.08. The molecule has 1 aliphatic heterocycles. The quantitative estimate of drug-likeness (QED) is 0.842. The molecule has 3 N–H and O–H groups in total. The molecule has 0 spiro atoms. The normalized spacial score (nSPS) is 17.0. The van der Waals surface area contributed by atoms with Crippen LogP contribution in [0.2, 0.25) is 0 Å². The third kappa shape index (κ3) is 4.24. The van der Waals surface area contributed by atoms with Crippen molar-refractivity contribution in [2.45, 2.75) is 39.7 Å². The monoisotopic (exact) mass is 292 g/mol. The zero-order chi connectivity index (χ0) is 15.2. The maximum Gasteiger partial charge on any atom is 0.267 e. The van der Waals surface area contributed by atoms with Crippen molar-refractivity contribution in [1.82, 2.24) is 14.8 Å². The lowest BCUT2D eigenvalue weighted by Crippen LogP contribution is -2.38. The zero-order valence-electron chi connectivity index (χ0n) is 13.3. The summed E-state index contributed by atoms with van der Waals surface area (Å²) in [6.45, 7) is 9.32. The molecule has 0 unspecified atom stereocenters. The summed E-state index contributed by atoms with van der Waals surface area (Å²) in [7, 11) is 0. The zero-order valence-corrected chi connectivity index (χ0v) is 13.3. The summed E-state index contributed by atoms with van der Waals surface area (Å²) >= 11 is 0.